The normalized spacial score (nSPS) is 10.6. The summed E-state index contributed by atoms with van der Waals surface area (Å²) in [6, 6.07) is 46.3. The van der Waals surface area contributed by atoms with Crippen LogP contribution in [0.4, 0.5) is 13.2 Å². The van der Waals surface area contributed by atoms with Gasteiger partial charge >= 0.3 is 6.18 Å². The molecule has 0 fully saturated rings. The van der Waals surface area contributed by atoms with Crippen LogP contribution in [0, 0.1) is 20.8 Å². The minimum atomic E-state index is -4.52. The Bertz CT molecular complexity index is 1860. The third-order valence-electron chi connectivity index (χ3n) is 6.99. The van der Waals surface area contributed by atoms with E-state index in [1.807, 2.05) is 121 Å². The van der Waals surface area contributed by atoms with Crippen molar-refractivity contribution in [2.75, 3.05) is 0 Å². The highest BCUT2D eigenvalue weighted by Crippen LogP contribution is 2.29. The number of benzene rings is 6. The first kappa shape index (κ1) is 39.8. The molecule has 0 bridgehead atoms. The summed E-state index contributed by atoms with van der Waals surface area (Å²) in [6.07, 6.45) is -4.52. The van der Waals surface area contributed by atoms with Crippen LogP contribution in [0.1, 0.15) is 54.1 Å². The summed E-state index contributed by atoms with van der Waals surface area (Å²) in [7, 11) is -4.43. The molecule has 6 aromatic rings. The molecule has 6 aromatic carbocycles. The molecule has 5 nitrogen and oxygen atoms in total. The number of carbonyl (C=O) groups excluding carboxylic acids is 2. The fourth-order valence-corrected chi connectivity index (χ4v) is 5.19. The highest BCUT2D eigenvalue weighted by atomic mass is 32.2. The van der Waals surface area contributed by atoms with E-state index in [0.29, 0.717) is 24.3 Å². The van der Waals surface area contributed by atoms with Gasteiger partial charge in [0.05, 0.1) is 10.5 Å². The number of hydrogen-bond donors (Lipinski definition) is 1. The van der Waals surface area contributed by atoms with Gasteiger partial charge in [-0.2, -0.15) is 21.6 Å². The predicted octanol–water partition coefficient (Wildman–Crippen LogP) is 10.4. The topological polar surface area (TPSA) is 88.5 Å². The van der Waals surface area contributed by atoms with Gasteiger partial charge in [0.2, 0.25) is 0 Å². The zero-order valence-electron chi connectivity index (χ0n) is 28.2. The molecule has 0 saturated carbocycles. The Morgan fingerprint density at radius 2 is 0.725 bits per heavy atom. The molecule has 262 valence electrons. The Hall–Kier alpha value is -5.64. The lowest BCUT2D eigenvalue weighted by atomic mass is 10.0. The molecular weight excluding hydrogens is 674 g/mol. The Kier molecular flexibility index (Phi) is 14.8. The number of carbonyl (C=O) groups is 2. The van der Waals surface area contributed by atoms with Gasteiger partial charge < -0.3 is 0 Å². The lowest BCUT2D eigenvalue weighted by Gasteiger charge is -2.05. The monoisotopic (exact) mass is 710 g/mol. The first-order chi connectivity index (χ1) is 24.1. The van der Waals surface area contributed by atoms with Crippen LogP contribution in [-0.2, 0) is 16.3 Å². The van der Waals surface area contributed by atoms with E-state index in [0.717, 1.165) is 22.3 Å². The molecule has 0 spiro atoms. The predicted molar refractivity (Wildman–Crippen MR) is 195 cm³/mol. The van der Waals surface area contributed by atoms with Crippen molar-refractivity contribution in [2.45, 2.75) is 31.8 Å². The van der Waals surface area contributed by atoms with E-state index in [2.05, 4.69) is 39.0 Å². The zero-order valence-corrected chi connectivity index (χ0v) is 29.0. The van der Waals surface area contributed by atoms with E-state index in [1.54, 1.807) is 0 Å². The fourth-order valence-electron chi connectivity index (χ4n) is 4.71. The third kappa shape index (κ3) is 13.7. The van der Waals surface area contributed by atoms with Crippen LogP contribution in [0.15, 0.2) is 169 Å². The Morgan fingerprint density at radius 3 is 0.941 bits per heavy atom. The number of halogens is 3. The zero-order chi connectivity index (χ0) is 37.4. The van der Waals surface area contributed by atoms with Gasteiger partial charge in [0, 0.05) is 22.3 Å². The van der Waals surface area contributed by atoms with Crippen molar-refractivity contribution in [1.29, 1.82) is 0 Å². The SMILES string of the molecule is Cc1cc(C)cc(C)c1.O=C(c1ccccc1)c1ccccc1.O=C(c1ccccc1)c1ccccc1.O=S(=O)(O)c1ccc(C(F)(F)F)cc1. The maximum absolute atomic E-state index is 12.0. The van der Waals surface area contributed by atoms with Gasteiger partial charge in [0.25, 0.3) is 10.1 Å². The molecule has 51 heavy (non-hydrogen) atoms. The number of hydrogen-bond acceptors (Lipinski definition) is 4. The van der Waals surface area contributed by atoms with Gasteiger partial charge in [-0.3, -0.25) is 14.1 Å². The Morgan fingerprint density at radius 1 is 0.471 bits per heavy atom. The van der Waals surface area contributed by atoms with Crippen LogP contribution < -0.4 is 0 Å². The van der Waals surface area contributed by atoms with Crippen LogP contribution in [0.3, 0.4) is 0 Å². The minimum absolute atomic E-state index is 0.0752. The van der Waals surface area contributed by atoms with Crippen LogP contribution in [0.25, 0.3) is 0 Å². The van der Waals surface area contributed by atoms with E-state index < -0.39 is 26.8 Å². The summed E-state index contributed by atoms with van der Waals surface area (Å²) in [5.41, 5.74) is 6.03. The van der Waals surface area contributed by atoms with E-state index in [1.165, 1.54) is 16.7 Å². The van der Waals surface area contributed by atoms with Crippen LogP contribution in [0.5, 0.6) is 0 Å². The molecule has 9 heteroatoms. The van der Waals surface area contributed by atoms with Gasteiger partial charge in [-0.25, -0.2) is 0 Å². The molecular formula is C42H37F3O5S. The molecule has 0 aliphatic rings. The van der Waals surface area contributed by atoms with Crippen molar-refractivity contribution in [3.8, 4) is 0 Å². The molecule has 0 unspecified atom stereocenters. The van der Waals surface area contributed by atoms with Crippen molar-refractivity contribution in [2.24, 2.45) is 0 Å². The number of alkyl halides is 3. The van der Waals surface area contributed by atoms with Crippen LogP contribution >= 0.6 is 0 Å². The minimum Gasteiger partial charge on any atom is -0.289 e. The molecule has 0 aliphatic heterocycles. The molecule has 0 radical (unpaired) electrons. The molecule has 6 rings (SSSR count). The summed E-state index contributed by atoms with van der Waals surface area (Å²) >= 11 is 0. The standard InChI is InChI=1S/2C13H10O.C9H12.C7H5F3O3S/c2*14-13(11-7-3-1-4-8-11)12-9-5-2-6-10-12;1-7-4-8(2)6-9(3)5-7;8-7(9,10)5-1-3-6(4-2-5)14(11,12)13/h2*1-10H;4-6H,1-3H3;1-4H,(H,11,12,13). The van der Waals surface area contributed by atoms with E-state index in [4.69, 9.17) is 4.55 Å². The number of aryl methyl sites for hydroxylation is 3. The van der Waals surface area contributed by atoms with Gasteiger partial charge in [0.15, 0.2) is 11.6 Å². The van der Waals surface area contributed by atoms with Crippen LogP contribution in [0.2, 0.25) is 0 Å². The average molecular weight is 711 g/mol. The van der Waals surface area contributed by atoms with Gasteiger partial charge in [-0.1, -0.05) is 156 Å². The summed E-state index contributed by atoms with van der Waals surface area (Å²) in [6.45, 7) is 6.38. The quantitative estimate of drug-likeness (QED) is 0.142. The van der Waals surface area contributed by atoms with Crippen LogP contribution in [-0.4, -0.2) is 24.5 Å². The number of rotatable bonds is 5. The van der Waals surface area contributed by atoms with Crippen molar-refractivity contribution < 1.29 is 35.7 Å². The maximum Gasteiger partial charge on any atom is 0.416 e. The van der Waals surface area contributed by atoms with Crippen molar-refractivity contribution >= 4 is 21.7 Å². The highest BCUT2D eigenvalue weighted by Gasteiger charge is 2.30. The summed E-state index contributed by atoms with van der Waals surface area (Å²) in [4.78, 5) is 23.1. The van der Waals surface area contributed by atoms with Gasteiger partial charge in [-0.05, 0) is 45.0 Å². The van der Waals surface area contributed by atoms with Crippen molar-refractivity contribution in [1.82, 2.24) is 0 Å². The van der Waals surface area contributed by atoms with Crippen molar-refractivity contribution in [3.05, 3.63) is 208 Å². The molecule has 0 aromatic heterocycles. The molecule has 0 saturated heterocycles. The summed E-state index contributed by atoms with van der Waals surface area (Å²) < 4.78 is 65.4. The molecule has 0 heterocycles. The Labute approximate surface area is 296 Å². The second-order valence-corrected chi connectivity index (χ2v) is 12.7. The first-order valence-electron chi connectivity index (χ1n) is 15.6. The lowest BCUT2D eigenvalue weighted by molar-refractivity contribution is -0.137. The van der Waals surface area contributed by atoms with E-state index in [9.17, 15) is 31.2 Å². The van der Waals surface area contributed by atoms with Gasteiger partial charge in [0.1, 0.15) is 0 Å². The maximum atomic E-state index is 12.0. The Balaban J connectivity index is 0.000000186. The molecule has 0 atom stereocenters. The highest BCUT2D eigenvalue weighted by molar-refractivity contribution is 7.85. The largest absolute Gasteiger partial charge is 0.416 e. The molecule has 0 amide bonds. The molecule has 1 N–H and O–H groups in total. The van der Waals surface area contributed by atoms with E-state index in [-0.39, 0.29) is 11.6 Å². The lowest BCUT2D eigenvalue weighted by Crippen LogP contribution is -2.05. The van der Waals surface area contributed by atoms with Gasteiger partial charge in [-0.15, -0.1) is 0 Å². The average Bonchev–Trinajstić information content (AvgIpc) is 3.12. The third-order valence-corrected chi connectivity index (χ3v) is 7.86. The second-order valence-electron chi connectivity index (χ2n) is 11.3. The fraction of sp³-hybridized carbons (Fsp3) is 0.0952. The smallest absolute Gasteiger partial charge is 0.289 e. The van der Waals surface area contributed by atoms with E-state index >= 15 is 0 Å². The van der Waals surface area contributed by atoms with Crippen molar-refractivity contribution in [3.63, 3.8) is 0 Å². The summed E-state index contributed by atoms with van der Waals surface area (Å²) in [5.74, 6) is 0.150. The summed E-state index contributed by atoms with van der Waals surface area (Å²) in [5, 5.41) is 0. The number of ketones is 2. The first-order valence-corrected chi connectivity index (χ1v) is 17.1. The second kappa shape index (κ2) is 18.9. The molecule has 0 aliphatic carbocycles.